The summed E-state index contributed by atoms with van der Waals surface area (Å²) < 4.78 is 37.4. The van der Waals surface area contributed by atoms with Crippen molar-refractivity contribution in [1.29, 1.82) is 0 Å². The number of rotatable bonds is 7. The van der Waals surface area contributed by atoms with Crippen molar-refractivity contribution >= 4 is 10.0 Å². The largest absolute Gasteiger partial charge is 0.467 e. The quantitative estimate of drug-likeness (QED) is 0.682. The van der Waals surface area contributed by atoms with Gasteiger partial charge in [-0.15, -0.1) is 0 Å². The monoisotopic (exact) mass is 377 g/mol. The van der Waals surface area contributed by atoms with Gasteiger partial charge in [-0.1, -0.05) is 0 Å². The number of aromatic nitrogens is 4. The standard InChI is InChI=1S/C17H23N5O3S/c1-12(2)22-14(4)17(13(3)20-22)26(23,24)19-11-15(16-7-5-10-25-16)21-9-6-8-18-21/h5-10,12,15,19H,11H2,1-4H3. The molecule has 26 heavy (non-hydrogen) atoms. The van der Waals surface area contributed by atoms with E-state index in [1.807, 2.05) is 13.8 Å². The van der Waals surface area contributed by atoms with Crippen molar-refractivity contribution in [2.45, 2.75) is 44.7 Å². The molecule has 3 aromatic rings. The predicted molar refractivity (Wildman–Crippen MR) is 96.3 cm³/mol. The number of sulfonamides is 1. The molecule has 3 heterocycles. The minimum atomic E-state index is -3.73. The molecule has 1 atom stereocenters. The van der Waals surface area contributed by atoms with Gasteiger partial charge in [0.1, 0.15) is 16.7 Å². The maximum atomic E-state index is 12.9. The van der Waals surface area contributed by atoms with Crippen LogP contribution in [0.3, 0.4) is 0 Å². The highest BCUT2D eigenvalue weighted by Gasteiger charge is 2.27. The Balaban J connectivity index is 1.88. The first-order chi connectivity index (χ1) is 12.3. The van der Waals surface area contributed by atoms with E-state index in [9.17, 15) is 8.42 Å². The van der Waals surface area contributed by atoms with Crippen LogP contribution >= 0.6 is 0 Å². The molecule has 0 fully saturated rings. The average molecular weight is 377 g/mol. The van der Waals surface area contributed by atoms with Crippen molar-refractivity contribution in [3.05, 3.63) is 54.0 Å². The zero-order valence-electron chi connectivity index (χ0n) is 15.2. The molecule has 3 aromatic heterocycles. The minimum Gasteiger partial charge on any atom is -0.467 e. The topological polar surface area (TPSA) is 95.0 Å². The first-order valence-electron chi connectivity index (χ1n) is 8.39. The molecule has 0 saturated carbocycles. The summed E-state index contributed by atoms with van der Waals surface area (Å²) in [7, 11) is -3.73. The van der Waals surface area contributed by atoms with Crippen LogP contribution in [0.1, 0.15) is 43.1 Å². The Bertz CT molecular complexity index is 922. The van der Waals surface area contributed by atoms with Crippen LogP contribution < -0.4 is 4.72 Å². The van der Waals surface area contributed by atoms with Crippen molar-refractivity contribution in [2.24, 2.45) is 0 Å². The van der Waals surface area contributed by atoms with Crippen LogP contribution in [0.4, 0.5) is 0 Å². The molecule has 0 aliphatic carbocycles. The Morgan fingerprint density at radius 3 is 2.58 bits per heavy atom. The lowest BCUT2D eigenvalue weighted by atomic mass is 10.2. The molecule has 0 aliphatic heterocycles. The van der Waals surface area contributed by atoms with E-state index in [1.165, 1.54) is 0 Å². The Morgan fingerprint density at radius 2 is 2.04 bits per heavy atom. The molecule has 0 spiro atoms. The highest BCUT2D eigenvalue weighted by atomic mass is 32.2. The first-order valence-corrected chi connectivity index (χ1v) is 9.87. The number of nitrogens with zero attached hydrogens (tertiary/aromatic N) is 4. The molecule has 8 nitrogen and oxygen atoms in total. The molecule has 1 unspecified atom stereocenters. The van der Waals surface area contributed by atoms with E-state index < -0.39 is 10.0 Å². The SMILES string of the molecule is Cc1nn(C(C)C)c(C)c1S(=O)(=O)NCC(c1ccco1)n1cccn1. The number of aryl methyl sites for hydroxylation is 1. The maximum Gasteiger partial charge on any atom is 0.244 e. The molecule has 3 rings (SSSR count). The van der Waals surface area contributed by atoms with Crippen molar-refractivity contribution in [1.82, 2.24) is 24.3 Å². The second-order valence-electron chi connectivity index (χ2n) is 6.41. The number of hydrogen-bond donors (Lipinski definition) is 1. The second-order valence-corrected chi connectivity index (χ2v) is 8.11. The third kappa shape index (κ3) is 3.45. The van der Waals surface area contributed by atoms with E-state index in [2.05, 4.69) is 14.9 Å². The van der Waals surface area contributed by atoms with Crippen molar-refractivity contribution < 1.29 is 12.8 Å². The average Bonchev–Trinajstić information content (AvgIpc) is 3.29. The Hall–Kier alpha value is -2.39. The lowest BCUT2D eigenvalue weighted by Gasteiger charge is -2.16. The van der Waals surface area contributed by atoms with Gasteiger partial charge in [0.2, 0.25) is 10.0 Å². The van der Waals surface area contributed by atoms with Crippen LogP contribution in [0.5, 0.6) is 0 Å². The van der Waals surface area contributed by atoms with E-state index in [0.717, 1.165) is 0 Å². The fourth-order valence-electron chi connectivity index (χ4n) is 3.07. The van der Waals surface area contributed by atoms with E-state index in [0.29, 0.717) is 17.1 Å². The number of furan rings is 1. The summed E-state index contributed by atoms with van der Waals surface area (Å²) in [4.78, 5) is 0.227. The predicted octanol–water partition coefficient (Wildman–Crippen LogP) is 2.44. The van der Waals surface area contributed by atoms with Crippen LogP contribution in [-0.2, 0) is 10.0 Å². The summed E-state index contributed by atoms with van der Waals surface area (Å²) >= 11 is 0. The fraction of sp³-hybridized carbons (Fsp3) is 0.412. The van der Waals surface area contributed by atoms with E-state index in [4.69, 9.17) is 4.42 Å². The van der Waals surface area contributed by atoms with Gasteiger partial charge in [0.15, 0.2) is 0 Å². The van der Waals surface area contributed by atoms with Crippen molar-refractivity contribution in [3.8, 4) is 0 Å². The van der Waals surface area contributed by atoms with Gasteiger partial charge >= 0.3 is 0 Å². The lowest BCUT2D eigenvalue weighted by molar-refractivity contribution is 0.402. The molecular weight excluding hydrogens is 354 g/mol. The Morgan fingerprint density at radius 1 is 1.27 bits per heavy atom. The van der Waals surface area contributed by atoms with Crippen molar-refractivity contribution in [3.63, 3.8) is 0 Å². The van der Waals surface area contributed by atoms with Crippen LogP contribution in [0, 0.1) is 13.8 Å². The molecule has 140 valence electrons. The zero-order valence-corrected chi connectivity index (χ0v) is 16.1. The highest BCUT2D eigenvalue weighted by Crippen LogP contribution is 2.23. The number of nitrogens with one attached hydrogen (secondary N) is 1. The molecule has 9 heteroatoms. The van der Waals surface area contributed by atoms with Crippen LogP contribution in [-0.4, -0.2) is 34.5 Å². The van der Waals surface area contributed by atoms with Crippen LogP contribution in [0.2, 0.25) is 0 Å². The fourth-order valence-corrected chi connectivity index (χ4v) is 4.50. The summed E-state index contributed by atoms with van der Waals surface area (Å²) in [5.74, 6) is 0.628. The third-order valence-electron chi connectivity index (χ3n) is 4.20. The second kappa shape index (κ2) is 7.08. The molecule has 0 amide bonds. The van der Waals surface area contributed by atoms with E-state index in [-0.39, 0.29) is 23.5 Å². The molecule has 0 bridgehead atoms. The van der Waals surface area contributed by atoms with Gasteiger partial charge in [0.25, 0.3) is 0 Å². The minimum absolute atomic E-state index is 0.0811. The molecular formula is C17H23N5O3S. The maximum absolute atomic E-state index is 12.9. The van der Waals surface area contributed by atoms with Gasteiger partial charge in [-0.2, -0.15) is 10.2 Å². The molecule has 0 aliphatic rings. The van der Waals surface area contributed by atoms with Gasteiger partial charge in [-0.05, 0) is 45.9 Å². The first kappa shape index (κ1) is 18.4. The Kier molecular flexibility index (Phi) is 5.01. The molecule has 0 aromatic carbocycles. The van der Waals surface area contributed by atoms with Gasteiger partial charge in [-0.25, -0.2) is 13.1 Å². The molecule has 0 radical (unpaired) electrons. The smallest absolute Gasteiger partial charge is 0.244 e. The van der Waals surface area contributed by atoms with Gasteiger partial charge in [0, 0.05) is 25.0 Å². The van der Waals surface area contributed by atoms with Gasteiger partial charge in [-0.3, -0.25) is 9.36 Å². The van der Waals surface area contributed by atoms with Crippen LogP contribution in [0.15, 0.2) is 46.2 Å². The zero-order chi connectivity index (χ0) is 18.9. The summed E-state index contributed by atoms with van der Waals surface area (Å²) in [5, 5.41) is 8.58. The van der Waals surface area contributed by atoms with Gasteiger partial charge < -0.3 is 4.42 Å². The summed E-state index contributed by atoms with van der Waals surface area (Å²) in [5.41, 5.74) is 1.11. The highest BCUT2D eigenvalue weighted by molar-refractivity contribution is 7.89. The van der Waals surface area contributed by atoms with E-state index in [1.54, 1.807) is 60.1 Å². The summed E-state index contributed by atoms with van der Waals surface area (Å²) in [6.45, 7) is 7.52. The lowest BCUT2D eigenvalue weighted by Crippen LogP contribution is -2.32. The van der Waals surface area contributed by atoms with Crippen LogP contribution in [0.25, 0.3) is 0 Å². The van der Waals surface area contributed by atoms with E-state index >= 15 is 0 Å². The third-order valence-corrected chi connectivity index (χ3v) is 5.87. The summed E-state index contributed by atoms with van der Waals surface area (Å²) in [6.07, 6.45) is 4.97. The van der Waals surface area contributed by atoms with Crippen molar-refractivity contribution in [2.75, 3.05) is 6.54 Å². The normalized spacial score (nSPS) is 13.4. The summed E-state index contributed by atoms with van der Waals surface area (Å²) in [6, 6.07) is 5.05. The van der Waals surface area contributed by atoms with Gasteiger partial charge in [0.05, 0.1) is 17.7 Å². The Labute approximate surface area is 152 Å². The molecule has 0 saturated heterocycles. The molecule has 1 N–H and O–H groups in total. The number of hydrogen-bond acceptors (Lipinski definition) is 5.